The number of rotatable bonds is 1. The molecule has 5 N–H and O–H groups in total. The summed E-state index contributed by atoms with van der Waals surface area (Å²) in [5.74, 6) is 0. The van der Waals surface area contributed by atoms with Crippen LogP contribution in [0.5, 0.6) is 0 Å². The molecule has 5 aromatic carbocycles. The average Bonchev–Trinajstić information content (AvgIpc) is 2.87. The normalized spacial score (nSPS) is 24.9. The van der Waals surface area contributed by atoms with Crippen molar-refractivity contribution >= 4 is 43.1 Å². The third kappa shape index (κ3) is 4.12. The Hall–Kier alpha value is -3.10. The Labute approximate surface area is 195 Å². The minimum atomic E-state index is -1.57. The first-order chi connectivity index (χ1) is 16.5. The van der Waals surface area contributed by atoms with Crippen molar-refractivity contribution in [1.29, 1.82) is 0 Å². The van der Waals surface area contributed by atoms with E-state index in [0.717, 1.165) is 0 Å². The highest BCUT2D eigenvalue weighted by Crippen LogP contribution is 2.32. The molecule has 174 valence electrons. The summed E-state index contributed by atoms with van der Waals surface area (Å²) >= 11 is 0. The van der Waals surface area contributed by atoms with Crippen molar-refractivity contribution in [2.75, 3.05) is 6.61 Å². The van der Waals surface area contributed by atoms with Crippen LogP contribution in [-0.2, 0) is 4.74 Å². The fourth-order valence-corrected chi connectivity index (χ4v) is 4.52. The molecule has 0 spiro atoms. The van der Waals surface area contributed by atoms with Crippen molar-refractivity contribution in [3.63, 3.8) is 0 Å². The van der Waals surface area contributed by atoms with E-state index in [2.05, 4.69) is 89.7 Å². The van der Waals surface area contributed by atoms with Crippen LogP contribution in [0.3, 0.4) is 0 Å². The molecule has 0 bridgehead atoms. The van der Waals surface area contributed by atoms with Gasteiger partial charge in [-0.1, -0.05) is 60.7 Å². The lowest BCUT2D eigenvalue weighted by Gasteiger charge is -2.37. The van der Waals surface area contributed by atoms with E-state index in [4.69, 9.17) is 25.5 Å². The van der Waals surface area contributed by atoms with Crippen molar-refractivity contribution in [2.24, 2.45) is 0 Å². The molecule has 1 heterocycles. The van der Waals surface area contributed by atoms with Crippen molar-refractivity contribution in [1.82, 2.24) is 0 Å². The minimum Gasteiger partial charge on any atom is -0.394 e. The molecule has 1 aliphatic heterocycles. The van der Waals surface area contributed by atoms with Crippen LogP contribution in [0.2, 0.25) is 0 Å². The molecule has 5 atom stereocenters. The Morgan fingerprint density at radius 1 is 0.529 bits per heavy atom. The second-order valence-corrected chi connectivity index (χ2v) is 8.63. The summed E-state index contributed by atoms with van der Waals surface area (Å²) in [7, 11) is 0. The van der Waals surface area contributed by atoms with Gasteiger partial charge in [-0.25, -0.2) is 0 Å². The predicted molar refractivity (Wildman–Crippen MR) is 132 cm³/mol. The van der Waals surface area contributed by atoms with E-state index in [1.54, 1.807) is 0 Å². The second kappa shape index (κ2) is 9.27. The zero-order valence-corrected chi connectivity index (χ0v) is 18.3. The molecule has 0 aliphatic carbocycles. The highest BCUT2D eigenvalue weighted by molar-refractivity contribution is 6.15. The first kappa shape index (κ1) is 22.7. The van der Waals surface area contributed by atoms with Gasteiger partial charge in [0.15, 0.2) is 6.29 Å². The molecule has 6 nitrogen and oxygen atoms in total. The monoisotopic (exact) mass is 458 g/mol. The molecule has 0 aromatic heterocycles. The molecule has 1 unspecified atom stereocenters. The molecule has 0 amide bonds. The van der Waals surface area contributed by atoms with E-state index in [1.807, 2.05) is 0 Å². The maximum absolute atomic E-state index is 9.12. The molecular formula is C28H26O6. The van der Waals surface area contributed by atoms with Gasteiger partial charge in [-0.3, -0.25) is 0 Å². The van der Waals surface area contributed by atoms with Crippen LogP contribution in [0, 0.1) is 0 Å². The highest BCUT2D eigenvalue weighted by atomic mass is 16.6. The number of aliphatic hydroxyl groups is 5. The van der Waals surface area contributed by atoms with Crippen LogP contribution in [0.1, 0.15) is 0 Å². The third-order valence-electron chi connectivity index (χ3n) is 6.44. The van der Waals surface area contributed by atoms with Crippen LogP contribution in [0.15, 0.2) is 84.9 Å². The van der Waals surface area contributed by atoms with E-state index in [-0.39, 0.29) is 0 Å². The first-order valence-corrected chi connectivity index (χ1v) is 11.2. The summed E-state index contributed by atoms with van der Waals surface area (Å²) in [6.07, 6.45) is -7.04. The lowest BCUT2D eigenvalue weighted by atomic mass is 9.96. The van der Waals surface area contributed by atoms with Crippen LogP contribution in [0.4, 0.5) is 0 Å². The summed E-state index contributed by atoms with van der Waals surface area (Å²) < 4.78 is 4.58. The lowest BCUT2D eigenvalue weighted by molar-refractivity contribution is -0.286. The van der Waals surface area contributed by atoms with Gasteiger partial charge in [-0.15, -0.1) is 0 Å². The summed E-state index contributed by atoms with van der Waals surface area (Å²) in [4.78, 5) is 0. The average molecular weight is 459 g/mol. The Kier molecular flexibility index (Phi) is 6.18. The molecule has 6 heteroatoms. The number of benzene rings is 5. The molecular weight excluding hydrogens is 432 g/mol. The Morgan fingerprint density at radius 3 is 1.41 bits per heavy atom. The van der Waals surface area contributed by atoms with Gasteiger partial charge in [0.1, 0.15) is 24.4 Å². The first-order valence-electron chi connectivity index (χ1n) is 11.2. The predicted octanol–water partition coefficient (Wildman–Crippen LogP) is 3.08. The zero-order chi connectivity index (χ0) is 23.8. The quantitative estimate of drug-likeness (QED) is 0.195. The van der Waals surface area contributed by atoms with Gasteiger partial charge < -0.3 is 30.3 Å². The van der Waals surface area contributed by atoms with Crippen molar-refractivity contribution < 1.29 is 30.3 Å². The van der Waals surface area contributed by atoms with E-state index >= 15 is 0 Å². The standard InChI is InChI=1S/C22H14.C6H12O6/c1-3-7-17-13-21-19(11-15(17)5-1)9-10-20-12-16-6-2-4-8-18(16)14-22(20)21;7-1-2-3(8)4(9)5(10)6(11)12-2/h1-14H;2-11H,1H2/t;2-,3-,4+,5-,6?/m.1/s1. The fourth-order valence-electron chi connectivity index (χ4n) is 4.52. The lowest BCUT2D eigenvalue weighted by Crippen LogP contribution is -2.58. The topological polar surface area (TPSA) is 110 Å². The van der Waals surface area contributed by atoms with Crippen LogP contribution >= 0.6 is 0 Å². The minimum absolute atomic E-state index is 0.526. The van der Waals surface area contributed by atoms with Gasteiger partial charge in [0.25, 0.3) is 0 Å². The van der Waals surface area contributed by atoms with Crippen molar-refractivity contribution in [3.05, 3.63) is 84.9 Å². The molecule has 6 rings (SSSR count). The van der Waals surface area contributed by atoms with E-state index in [1.165, 1.54) is 43.1 Å². The Bertz CT molecular complexity index is 1370. The van der Waals surface area contributed by atoms with E-state index < -0.39 is 37.3 Å². The van der Waals surface area contributed by atoms with Crippen molar-refractivity contribution in [3.8, 4) is 0 Å². The summed E-state index contributed by atoms with van der Waals surface area (Å²) in [6.45, 7) is -0.526. The molecule has 34 heavy (non-hydrogen) atoms. The maximum atomic E-state index is 9.12. The molecule has 1 fully saturated rings. The summed E-state index contributed by atoms with van der Waals surface area (Å²) in [5, 5.41) is 55.1. The van der Waals surface area contributed by atoms with Gasteiger partial charge in [0.2, 0.25) is 0 Å². The number of hydrogen-bond acceptors (Lipinski definition) is 6. The molecule has 1 aliphatic rings. The van der Waals surface area contributed by atoms with Crippen LogP contribution < -0.4 is 0 Å². The fraction of sp³-hybridized carbons (Fsp3) is 0.214. The number of fused-ring (bicyclic) bond motifs is 5. The maximum Gasteiger partial charge on any atom is 0.184 e. The number of ether oxygens (including phenoxy) is 1. The molecule has 1 saturated heterocycles. The van der Waals surface area contributed by atoms with E-state index in [0.29, 0.717) is 0 Å². The zero-order valence-electron chi connectivity index (χ0n) is 18.3. The van der Waals surface area contributed by atoms with Gasteiger partial charge in [-0.05, 0) is 67.4 Å². The smallest absolute Gasteiger partial charge is 0.184 e. The van der Waals surface area contributed by atoms with Gasteiger partial charge in [0.05, 0.1) is 6.61 Å². The Morgan fingerprint density at radius 2 is 0.971 bits per heavy atom. The van der Waals surface area contributed by atoms with Gasteiger partial charge >= 0.3 is 0 Å². The highest BCUT2D eigenvalue weighted by Gasteiger charge is 2.42. The third-order valence-corrected chi connectivity index (χ3v) is 6.44. The van der Waals surface area contributed by atoms with Crippen molar-refractivity contribution in [2.45, 2.75) is 30.7 Å². The molecule has 0 saturated carbocycles. The Balaban J connectivity index is 0.000000172. The van der Waals surface area contributed by atoms with Crippen LogP contribution in [-0.4, -0.2) is 62.8 Å². The number of hydrogen-bond donors (Lipinski definition) is 5. The SMILES string of the molecule is OC[C@H]1OC(O)[C@H](O)[C@@H](O)[C@@H]1O.c1ccc2cc3c(ccc4cc5ccccc5cc43)cc2c1. The van der Waals surface area contributed by atoms with Gasteiger partial charge in [-0.2, -0.15) is 0 Å². The largest absolute Gasteiger partial charge is 0.394 e. The summed E-state index contributed by atoms with van der Waals surface area (Å²) in [5.41, 5.74) is 0. The van der Waals surface area contributed by atoms with Crippen LogP contribution in [0.25, 0.3) is 43.1 Å². The molecule has 0 radical (unpaired) electrons. The summed E-state index contributed by atoms with van der Waals surface area (Å²) in [6, 6.07) is 30.8. The van der Waals surface area contributed by atoms with E-state index in [9.17, 15) is 0 Å². The molecule has 5 aromatic rings. The van der Waals surface area contributed by atoms with Gasteiger partial charge in [0, 0.05) is 0 Å². The second-order valence-electron chi connectivity index (χ2n) is 8.63. The number of aliphatic hydroxyl groups excluding tert-OH is 5.